The Morgan fingerprint density at radius 3 is 3.17 bits per heavy atom. The van der Waals surface area contributed by atoms with E-state index in [2.05, 4.69) is 27.0 Å². The third-order valence-corrected chi connectivity index (χ3v) is 3.94. The molecule has 0 aliphatic heterocycles. The molecule has 1 atom stereocenters. The van der Waals surface area contributed by atoms with Crippen LogP contribution in [0.1, 0.15) is 30.0 Å². The molecule has 3 rings (SSSR count). The molecule has 0 bridgehead atoms. The van der Waals surface area contributed by atoms with Crippen molar-refractivity contribution in [1.82, 2.24) is 9.59 Å². The van der Waals surface area contributed by atoms with E-state index in [1.807, 2.05) is 6.07 Å². The van der Waals surface area contributed by atoms with Gasteiger partial charge in [-0.25, -0.2) is 0 Å². The summed E-state index contributed by atoms with van der Waals surface area (Å²) in [7, 11) is 1.71. The molecule has 0 radical (unpaired) electrons. The molecule has 0 saturated carbocycles. The Balaban J connectivity index is 1.87. The maximum atomic E-state index is 5.28. The summed E-state index contributed by atoms with van der Waals surface area (Å²) in [6.45, 7) is 0. The molecule has 94 valence electrons. The number of hydrogen-bond acceptors (Lipinski definition) is 5. The van der Waals surface area contributed by atoms with Crippen LogP contribution in [0.4, 0.5) is 5.00 Å². The van der Waals surface area contributed by atoms with Gasteiger partial charge in [0.05, 0.1) is 19.3 Å². The topological polar surface area (TPSA) is 47.0 Å². The van der Waals surface area contributed by atoms with Crippen LogP contribution in [0.15, 0.2) is 24.4 Å². The van der Waals surface area contributed by atoms with Gasteiger partial charge in [-0.3, -0.25) is 0 Å². The zero-order chi connectivity index (χ0) is 12.4. The zero-order valence-electron chi connectivity index (χ0n) is 10.2. The van der Waals surface area contributed by atoms with Gasteiger partial charge >= 0.3 is 0 Å². The molecular weight excluding hydrogens is 246 g/mol. The summed E-state index contributed by atoms with van der Waals surface area (Å²) in [4.78, 5) is 0. The van der Waals surface area contributed by atoms with E-state index < -0.39 is 0 Å². The van der Waals surface area contributed by atoms with Crippen molar-refractivity contribution in [2.24, 2.45) is 0 Å². The largest absolute Gasteiger partial charge is 0.497 e. The number of nitrogens with one attached hydrogen (secondary N) is 1. The van der Waals surface area contributed by atoms with Gasteiger partial charge in [0.1, 0.15) is 10.8 Å². The van der Waals surface area contributed by atoms with Gasteiger partial charge in [0.15, 0.2) is 0 Å². The quantitative estimate of drug-likeness (QED) is 0.922. The molecule has 5 heteroatoms. The number of methoxy groups -OCH3 is 1. The summed E-state index contributed by atoms with van der Waals surface area (Å²) in [5.74, 6) is 0.939. The van der Waals surface area contributed by atoms with Crippen molar-refractivity contribution in [2.45, 2.75) is 25.3 Å². The average Bonchev–Trinajstić information content (AvgIpc) is 2.91. The van der Waals surface area contributed by atoms with Gasteiger partial charge in [0, 0.05) is 11.5 Å². The van der Waals surface area contributed by atoms with E-state index in [1.165, 1.54) is 29.1 Å². The lowest BCUT2D eigenvalue weighted by molar-refractivity contribution is 0.413. The van der Waals surface area contributed by atoms with Crippen LogP contribution >= 0.6 is 11.5 Å². The standard InChI is InChI=1S/C13H15N3OS/c1-17-10-5-6-11-9(7-10)3-2-4-12(11)15-13-8-14-16-18-13/h5-8,12,15H,2-4H2,1H3. The van der Waals surface area contributed by atoms with Gasteiger partial charge in [0.2, 0.25) is 0 Å². The smallest absolute Gasteiger partial charge is 0.130 e. The van der Waals surface area contributed by atoms with Crippen LogP contribution in [0, 0.1) is 0 Å². The average molecular weight is 261 g/mol. The molecule has 4 nitrogen and oxygen atoms in total. The summed E-state index contributed by atoms with van der Waals surface area (Å²) >= 11 is 1.40. The van der Waals surface area contributed by atoms with E-state index in [0.717, 1.165) is 23.6 Å². The first kappa shape index (κ1) is 11.5. The van der Waals surface area contributed by atoms with E-state index in [0.29, 0.717) is 6.04 Å². The number of nitrogens with zero attached hydrogens (tertiary/aromatic N) is 2. The molecular formula is C13H15N3OS. The van der Waals surface area contributed by atoms with Crippen LogP contribution in [0.25, 0.3) is 0 Å². The fourth-order valence-electron chi connectivity index (χ4n) is 2.47. The first-order valence-electron chi connectivity index (χ1n) is 6.07. The Morgan fingerprint density at radius 1 is 1.44 bits per heavy atom. The molecule has 2 aromatic rings. The molecule has 1 aromatic carbocycles. The number of hydrogen-bond donors (Lipinski definition) is 1. The second-order valence-corrected chi connectivity index (χ2v) is 5.22. The summed E-state index contributed by atoms with van der Waals surface area (Å²) in [5.41, 5.74) is 2.76. The molecule has 1 unspecified atom stereocenters. The lowest BCUT2D eigenvalue weighted by atomic mass is 9.87. The van der Waals surface area contributed by atoms with Crippen LogP contribution in [0.3, 0.4) is 0 Å². The number of anilines is 1. The summed E-state index contributed by atoms with van der Waals surface area (Å²) in [6, 6.07) is 6.71. The van der Waals surface area contributed by atoms with Crippen molar-refractivity contribution < 1.29 is 4.74 Å². The molecule has 1 aliphatic rings. The maximum absolute atomic E-state index is 5.28. The van der Waals surface area contributed by atoms with Gasteiger partial charge in [-0.15, -0.1) is 5.10 Å². The zero-order valence-corrected chi connectivity index (χ0v) is 11.0. The second kappa shape index (κ2) is 4.94. The number of ether oxygens (including phenoxy) is 1. The minimum atomic E-state index is 0.363. The highest BCUT2D eigenvalue weighted by Gasteiger charge is 2.20. The fourth-order valence-corrected chi connectivity index (χ4v) is 2.94. The SMILES string of the molecule is COc1ccc2c(c1)CCCC2Nc1cnns1. The molecule has 1 heterocycles. The molecule has 1 aliphatic carbocycles. The molecule has 1 aromatic heterocycles. The monoisotopic (exact) mass is 261 g/mol. The highest BCUT2D eigenvalue weighted by molar-refractivity contribution is 7.09. The Labute approximate surface area is 110 Å². The van der Waals surface area contributed by atoms with Crippen LogP contribution in [-0.2, 0) is 6.42 Å². The predicted octanol–water partition coefficient (Wildman–Crippen LogP) is 3.04. The second-order valence-electron chi connectivity index (χ2n) is 4.44. The normalized spacial score (nSPS) is 18.2. The first-order chi connectivity index (χ1) is 8.86. The predicted molar refractivity (Wildman–Crippen MR) is 72.2 cm³/mol. The van der Waals surface area contributed by atoms with Crippen molar-refractivity contribution in [2.75, 3.05) is 12.4 Å². The molecule has 0 spiro atoms. The van der Waals surface area contributed by atoms with Crippen molar-refractivity contribution in [3.8, 4) is 5.75 Å². The molecule has 18 heavy (non-hydrogen) atoms. The van der Waals surface area contributed by atoms with Gasteiger partial charge < -0.3 is 10.1 Å². The minimum absolute atomic E-state index is 0.363. The molecule has 0 amide bonds. The van der Waals surface area contributed by atoms with Gasteiger partial charge in [-0.05, 0) is 42.5 Å². The van der Waals surface area contributed by atoms with Crippen molar-refractivity contribution in [1.29, 1.82) is 0 Å². The first-order valence-corrected chi connectivity index (χ1v) is 6.85. The van der Waals surface area contributed by atoms with E-state index in [1.54, 1.807) is 13.3 Å². The Kier molecular flexibility index (Phi) is 3.15. The third-order valence-electron chi connectivity index (χ3n) is 3.34. The lowest BCUT2D eigenvalue weighted by Crippen LogP contribution is -2.16. The van der Waals surface area contributed by atoms with Gasteiger partial charge in [0.25, 0.3) is 0 Å². The van der Waals surface area contributed by atoms with Crippen LogP contribution < -0.4 is 10.1 Å². The van der Waals surface area contributed by atoms with E-state index >= 15 is 0 Å². The van der Waals surface area contributed by atoms with Crippen molar-refractivity contribution in [3.63, 3.8) is 0 Å². The Morgan fingerprint density at radius 2 is 2.39 bits per heavy atom. The van der Waals surface area contributed by atoms with Crippen LogP contribution in [0.5, 0.6) is 5.75 Å². The Bertz CT molecular complexity index is 527. The molecule has 0 fully saturated rings. The summed E-state index contributed by atoms with van der Waals surface area (Å²) < 4.78 is 9.16. The fraction of sp³-hybridized carbons (Fsp3) is 0.385. The van der Waals surface area contributed by atoms with E-state index in [9.17, 15) is 0 Å². The molecule has 0 saturated heterocycles. The third kappa shape index (κ3) is 2.18. The minimum Gasteiger partial charge on any atom is -0.497 e. The van der Waals surface area contributed by atoms with Crippen LogP contribution in [0.2, 0.25) is 0 Å². The maximum Gasteiger partial charge on any atom is 0.130 e. The summed E-state index contributed by atoms with van der Waals surface area (Å²) in [5, 5.41) is 8.40. The molecule has 1 N–H and O–H groups in total. The number of fused-ring (bicyclic) bond motifs is 1. The van der Waals surface area contributed by atoms with E-state index in [-0.39, 0.29) is 0 Å². The van der Waals surface area contributed by atoms with Crippen LogP contribution in [-0.4, -0.2) is 16.7 Å². The highest BCUT2D eigenvalue weighted by Crippen LogP contribution is 2.34. The number of benzene rings is 1. The van der Waals surface area contributed by atoms with Crippen molar-refractivity contribution >= 4 is 16.5 Å². The van der Waals surface area contributed by atoms with Gasteiger partial charge in [-0.2, -0.15) is 0 Å². The summed E-state index contributed by atoms with van der Waals surface area (Å²) in [6.07, 6.45) is 5.26. The Hall–Kier alpha value is -1.62. The van der Waals surface area contributed by atoms with Crippen molar-refractivity contribution in [3.05, 3.63) is 35.5 Å². The lowest BCUT2D eigenvalue weighted by Gasteiger charge is -2.26. The number of aromatic nitrogens is 2. The highest BCUT2D eigenvalue weighted by atomic mass is 32.1. The number of aryl methyl sites for hydroxylation is 1. The van der Waals surface area contributed by atoms with Gasteiger partial charge in [-0.1, -0.05) is 10.6 Å². The number of rotatable bonds is 3. The van der Waals surface area contributed by atoms with E-state index in [4.69, 9.17) is 4.74 Å².